The number of alkyl halides is 1. The Bertz CT molecular complexity index is 385. The predicted octanol–water partition coefficient (Wildman–Crippen LogP) is 3.45. The first-order valence-electron chi connectivity index (χ1n) is 4.94. The summed E-state index contributed by atoms with van der Waals surface area (Å²) in [6.07, 6.45) is 3.02. The summed E-state index contributed by atoms with van der Waals surface area (Å²) in [6, 6.07) is 5.98. The van der Waals surface area contributed by atoms with Gasteiger partial charge < -0.3 is 9.47 Å². The van der Waals surface area contributed by atoms with Crippen LogP contribution >= 0.6 is 11.6 Å². The minimum atomic E-state index is 0.323. The van der Waals surface area contributed by atoms with Crippen LogP contribution in [0.1, 0.15) is 18.9 Å². The molecule has 1 aliphatic heterocycles. The Morgan fingerprint density at radius 2 is 2.20 bits per heavy atom. The number of hydrogen-bond acceptors (Lipinski definition) is 2. The third-order valence-corrected chi connectivity index (χ3v) is 2.61. The molecule has 1 aliphatic rings. The highest BCUT2D eigenvalue weighted by Crippen LogP contribution is 2.34. The molecule has 0 atom stereocenters. The molecule has 0 fully saturated rings. The van der Waals surface area contributed by atoms with Gasteiger partial charge in [-0.15, -0.1) is 11.6 Å². The quantitative estimate of drug-likeness (QED) is 0.733. The van der Waals surface area contributed by atoms with Gasteiger partial charge in [-0.1, -0.05) is 12.1 Å². The second-order valence-electron chi connectivity index (χ2n) is 3.43. The number of halogens is 1. The number of ether oxygens (including phenoxy) is 2. The highest BCUT2D eigenvalue weighted by atomic mass is 35.5. The van der Waals surface area contributed by atoms with Crippen LogP contribution in [0, 0.1) is 0 Å². The molecule has 80 valence electrons. The topological polar surface area (TPSA) is 18.5 Å². The molecule has 15 heavy (non-hydrogen) atoms. The lowest BCUT2D eigenvalue weighted by atomic mass is 10.1. The van der Waals surface area contributed by atoms with Crippen molar-refractivity contribution in [2.45, 2.75) is 13.3 Å². The van der Waals surface area contributed by atoms with Crippen molar-refractivity contribution in [2.75, 3.05) is 12.7 Å². The van der Waals surface area contributed by atoms with Gasteiger partial charge in [0.1, 0.15) is 0 Å². The van der Waals surface area contributed by atoms with E-state index in [4.69, 9.17) is 21.1 Å². The van der Waals surface area contributed by atoms with Gasteiger partial charge in [0.15, 0.2) is 11.5 Å². The van der Waals surface area contributed by atoms with Crippen LogP contribution in [0.4, 0.5) is 0 Å². The molecule has 0 unspecified atom stereocenters. The molecule has 0 aliphatic carbocycles. The van der Waals surface area contributed by atoms with Crippen LogP contribution in [-0.2, 0) is 0 Å². The van der Waals surface area contributed by atoms with Gasteiger partial charge in [0.2, 0.25) is 6.79 Å². The lowest BCUT2D eigenvalue weighted by Gasteiger charge is -2.03. The monoisotopic (exact) mass is 224 g/mol. The van der Waals surface area contributed by atoms with E-state index in [2.05, 4.69) is 13.0 Å². The first-order chi connectivity index (χ1) is 7.31. The number of rotatable bonds is 3. The summed E-state index contributed by atoms with van der Waals surface area (Å²) in [5.41, 5.74) is 2.37. The molecule has 0 spiro atoms. The zero-order chi connectivity index (χ0) is 10.7. The largest absolute Gasteiger partial charge is 0.454 e. The molecule has 3 heteroatoms. The van der Waals surface area contributed by atoms with Gasteiger partial charge in [0, 0.05) is 5.88 Å². The molecule has 1 aromatic carbocycles. The average Bonchev–Trinajstić information content (AvgIpc) is 2.72. The normalized spacial score (nSPS) is 14.4. The van der Waals surface area contributed by atoms with Crippen LogP contribution in [0.2, 0.25) is 0 Å². The fourth-order valence-corrected chi connectivity index (χ4v) is 1.64. The Morgan fingerprint density at radius 1 is 1.40 bits per heavy atom. The summed E-state index contributed by atoms with van der Waals surface area (Å²) in [7, 11) is 0. The van der Waals surface area contributed by atoms with Gasteiger partial charge in [-0.2, -0.15) is 0 Å². The van der Waals surface area contributed by atoms with Gasteiger partial charge in [-0.05, 0) is 36.6 Å². The molecule has 0 saturated heterocycles. The minimum Gasteiger partial charge on any atom is -0.454 e. The maximum Gasteiger partial charge on any atom is 0.231 e. The van der Waals surface area contributed by atoms with Gasteiger partial charge in [-0.3, -0.25) is 0 Å². The molecule has 0 radical (unpaired) electrons. The maximum atomic E-state index is 5.64. The van der Waals surface area contributed by atoms with Crippen LogP contribution in [0.25, 0.3) is 5.57 Å². The Morgan fingerprint density at radius 3 is 3.00 bits per heavy atom. The number of benzene rings is 1. The van der Waals surface area contributed by atoms with Crippen molar-refractivity contribution < 1.29 is 9.47 Å². The maximum absolute atomic E-state index is 5.64. The first kappa shape index (κ1) is 10.4. The second-order valence-corrected chi connectivity index (χ2v) is 3.81. The lowest BCUT2D eigenvalue weighted by molar-refractivity contribution is 0.174. The summed E-state index contributed by atoms with van der Waals surface area (Å²) in [5, 5.41) is 0. The Kier molecular flexibility index (Phi) is 3.17. The van der Waals surface area contributed by atoms with Crippen molar-refractivity contribution in [2.24, 2.45) is 0 Å². The molecule has 0 aromatic heterocycles. The smallest absolute Gasteiger partial charge is 0.231 e. The Balaban J connectivity index is 2.22. The summed E-state index contributed by atoms with van der Waals surface area (Å²) in [5.74, 6) is 2.30. The molecular weight excluding hydrogens is 212 g/mol. The van der Waals surface area contributed by atoms with Crippen molar-refractivity contribution in [1.29, 1.82) is 0 Å². The Labute approximate surface area is 94.5 Å². The van der Waals surface area contributed by atoms with E-state index >= 15 is 0 Å². The SMILES string of the molecule is C/C(=C\CCCl)c1ccc2c(c1)OCO2. The van der Waals surface area contributed by atoms with E-state index < -0.39 is 0 Å². The molecule has 1 aromatic rings. The summed E-state index contributed by atoms with van der Waals surface area (Å²) in [6.45, 7) is 2.40. The van der Waals surface area contributed by atoms with Crippen LogP contribution in [-0.4, -0.2) is 12.7 Å². The van der Waals surface area contributed by atoms with Crippen molar-refractivity contribution >= 4 is 17.2 Å². The summed E-state index contributed by atoms with van der Waals surface area (Å²) >= 11 is 5.64. The van der Waals surface area contributed by atoms with E-state index in [0.717, 1.165) is 23.5 Å². The third-order valence-electron chi connectivity index (χ3n) is 2.39. The van der Waals surface area contributed by atoms with Gasteiger partial charge in [-0.25, -0.2) is 0 Å². The predicted molar refractivity (Wildman–Crippen MR) is 61.6 cm³/mol. The van der Waals surface area contributed by atoms with Crippen molar-refractivity contribution in [3.8, 4) is 11.5 Å². The zero-order valence-corrected chi connectivity index (χ0v) is 9.38. The number of fused-ring (bicyclic) bond motifs is 1. The van der Waals surface area contributed by atoms with E-state index in [0.29, 0.717) is 12.7 Å². The molecule has 2 nitrogen and oxygen atoms in total. The standard InChI is InChI=1S/C12H13ClO2/c1-9(3-2-6-13)10-4-5-11-12(7-10)15-8-14-11/h3-5,7H,2,6,8H2,1H3/b9-3+. The highest BCUT2D eigenvalue weighted by molar-refractivity contribution is 6.17. The molecule has 0 bridgehead atoms. The van der Waals surface area contributed by atoms with Crippen LogP contribution in [0.3, 0.4) is 0 Å². The van der Waals surface area contributed by atoms with E-state index in [1.807, 2.05) is 18.2 Å². The average molecular weight is 225 g/mol. The molecule has 0 saturated carbocycles. The van der Waals surface area contributed by atoms with E-state index in [1.54, 1.807) is 0 Å². The van der Waals surface area contributed by atoms with Crippen molar-refractivity contribution in [3.05, 3.63) is 29.8 Å². The zero-order valence-electron chi connectivity index (χ0n) is 8.63. The molecular formula is C12H13ClO2. The highest BCUT2D eigenvalue weighted by Gasteiger charge is 2.13. The van der Waals surface area contributed by atoms with Gasteiger partial charge >= 0.3 is 0 Å². The van der Waals surface area contributed by atoms with Crippen LogP contribution < -0.4 is 9.47 Å². The molecule has 0 N–H and O–H groups in total. The first-order valence-corrected chi connectivity index (χ1v) is 5.47. The summed E-state index contributed by atoms with van der Waals surface area (Å²) in [4.78, 5) is 0. The van der Waals surface area contributed by atoms with E-state index in [1.165, 1.54) is 5.57 Å². The minimum absolute atomic E-state index is 0.323. The van der Waals surface area contributed by atoms with E-state index in [9.17, 15) is 0 Å². The Hall–Kier alpha value is -1.15. The van der Waals surface area contributed by atoms with Crippen molar-refractivity contribution in [1.82, 2.24) is 0 Å². The van der Waals surface area contributed by atoms with Crippen LogP contribution in [0.5, 0.6) is 11.5 Å². The summed E-state index contributed by atoms with van der Waals surface area (Å²) < 4.78 is 10.6. The third kappa shape index (κ3) is 2.26. The molecule has 0 amide bonds. The lowest BCUT2D eigenvalue weighted by Crippen LogP contribution is -1.92. The number of allylic oxidation sites excluding steroid dienone is 2. The fourth-order valence-electron chi connectivity index (χ4n) is 1.53. The fraction of sp³-hybridized carbons (Fsp3) is 0.333. The number of hydrogen-bond donors (Lipinski definition) is 0. The second kappa shape index (κ2) is 4.58. The molecule has 1 heterocycles. The van der Waals surface area contributed by atoms with E-state index in [-0.39, 0.29) is 0 Å². The van der Waals surface area contributed by atoms with Gasteiger partial charge in [0.25, 0.3) is 0 Å². The van der Waals surface area contributed by atoms with Gasteiger partial charge in [0.05, 0.1) is 0 Å². The molecule has 2 rings (SSSR count). The van der Waals surface area contributed by atoms with Crippen molar-refractivity contribution in [3.63, 3.8) is 0 Å². The van der Waals surface area contributed by atoms with Crippen LogP contribution in [0.15, 0.2) is 24.3 Å².